The molecule has 1 aliphatic heterocycles. The first-order valence-corrected chi connectivity index (χ1v) is 10.4. The van der Waals surface area contributed by atoms with Crippen molar-refractivity contribution in [3.63, 3.8) is 0 Å². The van der Waals surface area contributed by atoms with Gasteiger partial charge < -0.3 is 15.2 Å². The molecule has 2 aromatic carbocycles. The molecule has 1 amide bonds. The molecule has 4 heteroatoms. The molecular weight excluding hydrogens is 346 g/mol. The molecule has 0 radical (unpaired) electrons. The summed E-state index contributed by atoms with van der Waals surface area (Å²) in [6.45, 7) is 3.30. The average molecular weight is 374 g/mol. The molecule has 0 bridgehead atoms. The minimum absolute atomic E-state index is 0.165. The lowest BCUT2D eigenvalue weighted by Crippen LogP contribution is -2.33. The maximum absolute atomic E-state index is 13.2. The van der Waals surface area contributed by atoms with Crippen LogP contribution in [0.1, 0.15) is 40.7 Å². The van der Waals surface area contributed by atoms with Gasteiger partial charge in [0.15, 0.2) is 0 Å². The molecule has 0 saturated carbocycles. The van der Waals surface area contributed by atoms with E-state index in [1.807, 2.05) is 12.1 Å². The average Bonchev–Trinajstić information content (AvgIpc) is 3.44. The Morgan fingerprint density at radius 1 is 1.11 bits per heavy atom. The van der Waals surface area contributed by atoms with Gasteiger partial charge in [0.25, 0.3) is 5.91 Å². The first-order valence-electron chi connectivity index (χ1n) is 10.4. The molecule has 2 N–H and O–H groups in total. The van der Waals surface area contributed by atoms with Crippen molar-refractivity contribution < 1.29 is 4.79 Å². The third kappa shape index (κ3) is 2.75. The summed E-state index contributed by atoms with van der Waals surface area (Å²) < 4.78 is 2.22. The normalized spacial score (nSPS) is 21.0. The number of hydrogen-bond donors (Lipinski definition) is 1. The Labute approximate surface area is 165 Å². The number of amides is 1. The Hall–Kier alpha value is -2.59. The molecule has 28 heavy (non-hydrogen) atoms. The third-order valence-corrected chi connectivity index (χ3v) is 6.72. The minimum atomic E-state index is 0.165. The molecule has 1 atom stereocenters. The van der Waals surface area contributed by atoms with Crippen LogP contribution in [0.4, 0.5) is 0 Å². The van der Waals surface area contributed by atoms with Crippen molar-refractivity contribution in [1.82, 2.24) is 9.47 Å². The van der Waals surface area contributed by atoms with Gasteiger partial charge in [-0.3, -0.25) is 4.79 Å². The van der Waals surface area contributed by atoms with Gasteiger partial charge in [0.05, 0.1) is 0 Å². The van der Waals surface area contributed by atoms with Gasteiger partial charge in [0.1, 0.15) is 0 Å². The van der Waals surface area contributed by atoms with Crippen molar-refractivity contribution in [2.75, 3.05) is 19.6 Å². The number of rotatable bonds is 4. The van der Waals surface area contributed by atoms with Crippen LogP contribution in [0.2, 0.25) is 0 Å². The second kappa shape index (κ2) is 6.78. The van der Waals surface area contributed by atoms with Gasteiger partial charge in [0, 0.05) is 47.7 Å². The summed E-state index contributed by atoms with van der Waals surface area (Å²) in [5.74, 6) is 0.165. The lowest BCUT2D eigenvalue weighted by molar-refractivity contribution is 0.0783. The number of nitrogens with zero attached hydrogens (tertiary/aromatic N) is 2. The van der Waals surface area contributed by atoms with Crippen molar-refractivity contribution >= 4 is 16.8 Å². The van der Waals surface area contributed by atoms with Gasteiger partial charge in [0.2, 0.25) is 0 Å². The first kappa shape index (κ1) is 17.5. The fraction of sp³-hybridized carbons (Fsp3) is 0.375. The Morgan fingerprint density at radius 3 is 2.89 bits per heavy atom. The summed E-state index contributed by atoms with van der Waals surface area (Å²) in [5.41, 5.74) is 10.7. The van der Waals surface area contributed by atoms with E-state index in [-0.39, 0.29) is 11.3 Å². The zero-order valence-corrected chi connectivity index (χ0v) is 16.2. The highest BCUT2D eigenvalue weighted by molar-refractivity contribution is 5.98. The van der Waals surface area contributed by atoms with Gasteiger partial charge >= 0.3 is 0 Å². The van der Waals surface area contributed by atoms with E-state index in [2.05, 4.69) is 52.1 Å². The highest BCUT2D eigenvalue weighted by Crippen LogP contribution is 2.45. The molecule has 2 aliphatic rings. The number of carbonyl (C=O) groups is 1. The molecule has 1 aromatic heterocycles. The quantitative estimate of drug-likeness (QED) is 0.758. The van der Waals surface area contributed by atoms with E-state index in [1.165, 1.54) is 23.1 Å². The van der Waals surface area contributed by atoms with Crippen molar-refractivity contribution in [1.29, 1.82) is 0 Å². The second-order valence-corrected chi connectivity index (χ2v) is 8.34. The fourth-order valence-electron chi connectivity index (χ4n) is 5.21. The van der Waals surface area contributed by atoms with Crippen LogP contribution in [0.15, 0.2) is 54.7 Å². The number of benzene rings is 2. The fourth-order valence-corrected chi connectivity index (χ4v) is 5.21. The molecule has 1 aliphatic carbocycles. The van der Waals surface area contributed by atoms with Crippen LogP contribution < -0.4 is 5.73 Å². The second-order valence-electron chi connectivity index (χ2n) is 8.34. The number of hydrogen-bond acceptors (Lipinski definition) is 2. The van der Waals surface area contributed by atoms with Crippen LogP contribution in [0.25, 0.3) is 10.9 Å². The summed E-state index contributed by atoms with van der Waals surface area (Å²) >= 11 is 0. The van der Waals surface area contributed by atoms with Crippen LogP contribution in [0.3, 0.4) is 0 Å². The summed E-state index contributed by atoms with van der Waals surface area (Å²) in [6.07, 6.45) is 6.43. The SMILES string of the molecule is NCCCn1ccc2cc(C(=O)N3CCC4(CCc5ccccc54)C3)ccc21. The lowest BCUT2D eigenvalue weighted by atomic mass is 9.81. The molecule has 144 valence electrons. The van der Waals surface area contributed by atoms with Crippen LogP contribution in [-0.4, -0.2) is 35.0 Å². The number of aryl methyl sites for hydroxylation is 2. The zero-order valence-electron chi connectivity index (χ0n) is 16.2. The maximum atomic E-state index is 13.2. The van der Waals surface area contributed by atoms with E-state index in [0.29, 0.717) is 6.54 Å². The van der Waals surface area contributed by atoms with E-state index >= 15 is 0 Å². The zero-order chi connectivity index (χ0) is 19.1. The van der Waals surface area contributed by atoms with E-state index in [0.717, 1.165) is 49.8 Å². The van der Waals surface area contributed by atoms with Crippen molar-refractivity contribution in [2.24, 2.45) is 5.73 Å². The van der Waals surface area contributed by atoms with Gasteiger partial charge in [-0.1, -0.05) is 24.3 Å². The number of carbonyl (C=O) groups excluding carboxylic acids is 1. The summed E-state index contributed by atoms with van der Waals surface area (Å²) in [4.78, 5) is 15.3. The summed E-state index contributed by atoms with van der Waals surface area (Å²) in [5, 5.41) is 1.13. The van der Waals surface area contributed by atoms with Crippen molar-refractivity contribution in [3.8, 4) is 0 Å². The van der Waals surface area contributed by atoms with Crippen LogP contribution in [0, 0.1) is 0 Å². The van der Waals surface area contributed by atoms with E-state index in [1.54, 1.807) is 0 Å². The molecule has 3 aromatic rings. The van der Waals surface area contributed by atoms with Crippen LogP contribution in [0.5, 0.6) is 0 Å². The molecule has 1 saturated heterocycles. The van der Waals surface area contributed by atoms with Crippen LogP contribution >= 0.6 is 0 Å². The van der Waals surface area contributed by atoms with E-state index in [9.17, 15) is 4.79 Å². The number of likely N-dealkylation sites (tertiary alicyclic amines) is 1. The predicted octanol–water partition coefficient (Wildman–Crippen LogP) is 3.72. The topological polar surface area (TPSA) is 51.3 Å². The highest BCUT2D eigenvalue weighted by atomic mass is 16.2. The Kier molecular flexibility index (Phi) is 4.24. The molecule has 1 fully saturated rings. The lowest BCUT2D eigenvalue weighted by Gasteiger charge is -2.25. The Balaban J connectivity index is 1.37. The number of aromatic nitrogens is 1. The van der Waals surface area contributed by atoms with Gasteiger partial charge in [-0.15, -0.1) is 0 Å². The van der Waals surface area contributed by atoms with Crippen molar-refractivity contribution in [2.45, 2.75) is 37.6 Å². The van der Waals surface area contributed by atoms with E-state index < -0.39 is 0 Å². The molecule has 5 rings (SSSR count). The summed E-state index contributed by atoms with van der Waals surface area (Å²) in [7, 11) is 0. The first-order chi connectivity index (χ1) is 13.7. The number of nitrogens with two attached hydrogens (primary N) is 1. The largest absolute Gasteiger partial charge is 0.347 e. The van der Waals surface area contributed by atoms with Gasteiger partial charge in [-0.25, -0.2) is 0 Å². The summed E-state index contributed by atoms with van der Waals surface area (Å²) in [6, 6.07) is 17.0. The number of fused-ring (bicyclic) bond motifs is 3. The Morgan fingerprint density at radius 2 is 2.00 bits per heavy atom. The minimum Gasteiger partial charge on any atom is -0.347 e. The molecular formula is C24H27N3O. The smallest absolute Gasteiger partial charge is 0.253 e. The van der Waals surface area contributed by atoms with Crippen LogP contribution in [-0.2, 0) is 18.4 Å². The predicted molar refractivity (Wildman–Crippen MR) is 113 cm³/mol. The third-order valence-electron chi connectivity index (χ3n) is 6.72. The molecule has 4 nitrogen and oxygen atoms in total. The Bertz CT molecular complexity index is 1040. The maximum Gasteiger partial charge on any atom is 0.253 e. The molecule has 1 spiro atoms. The van der Waals surface area contributed by atoms with Crippen molar-refractivity contribution in [3.05, 3.63) is 71.4 Å². The monoisotopic (exact) mass is 373 g/mol. The molecule has 2 heterocycles. The molecule has 1 unspecified atom stereocenters. The standard InChI is InChI=1S/C24H27N3O/c25-12-3-13-26-14-9-19-16-20(6-7-22(19)26)23(28)27-15-11-24(17-27)10-8-18-4-1-2-5-21(18)24/h1-2,4-7,9,14,16H,3,8,10-13,15,17,25H2. The van der Waals surface area contributed by atoms with Gasteiger partial charge in [-0.2, -0.15) is 0 Å². The van der Waals surface area contributed by atoms with Gasteiger partial charge in [-0.05, 0) is 67.6 Å². The highest BCUT2D eigenvalue weighted by Gasteiger charge is 2.45. The van der Waals surface area contributed by atoms with E-state index in [4.69, 9.17) is 5.73 Å².